The Balaban J connectivity index is -0.000000301. The summed E-state index contributed by atoms with van der Waals surface area (Å²) in [5, 5.41) is 31.5. The molecule has 0 aliphatic heterocycles. The fraction of sp³-hybridized carbons (Fsp3) is 0.714. The lowest BCUT2D eigenvalue weighted by atomic mass is 10.3. The molecule has 0 rings (SSSR count). The van der Waals surface area contributed by atoms with Crippen molar-refractivity contribution >= 4 is 23.9 Å². The van der Waals surface area contributed by atoms with E-state index in [0.29, 0.717) is 13.2 Å². The summed E-state index contributed by atoms with van der Waals surface area (Å²) >= 11 is 0. The van der Waals surface area contributed by atoms with Gasteiger partial charge in [-0.15, -0.1) is 0 Å². The average molecular weight is 354 g/mol. The van der Waals surface area contributed by atoms with E-state index >= 15 is 0 Å². The molecule has 0 saturated heterocycles. The van der Waals surface area contributed by atoms with Crippen molar-refractivity contribution < 1.29 is 49.1 Å². The number of rotatable bonds is 9. The van der Waals surface area contributed by atoms with Crippen LogP contribution in [0.15, 0.2) is 0 Å². The van der Waals surface area contributed by atoms with Crippen LogP contribution in [0.3, 0.4) is 0 Å². The molecule has 0 saturated carbocycles. The molecule has 0 amide bonds. The number of aliphatic carboxylic acids is 2. The van der Waals surface area contributed by atoms with E-state index in [4.69, 9.17) is 20.4 Å². The van der Waals surface area contributed by atoms with Gasteiger partial charge in [0.25, 0.3) is 0 Å². The molecule has 0 atom stereocenters. The Kier molecular flexibility index (Phi) is 23.1. The number of ether oxygens (including phenoxy) is 2. The third kappa shape index (κ3) is 31.9. The molecule has 0 aromatic heterocycles. The number of carbonyl (C=O) groups is 4. The Morgan fingerprint density at radius 1 is 0.667 bits per heavy atom. The highest BCUT2D eigenvalue weighted by Gasteiger charge is 2.04. The smallest absolute Gasteiger partial charge is 0.306 e. The van der Waals surface area contributed by atoms with Crippen LogP contribution < -0.4 is 0 Å². The number of carboxylic acid groups (broad SMARTS) is 2. The topological polar surface area (TPSA) is 168 Å². The highest BCUT2D eigenvalue weighted by molar-refractivity contribution is 5.76. The standard InChI is InChI=1S/2C6H10O4.C2H6O2/c2*1-2-10-6(9)4-3-5(7)8;3-1-2-4/h2*2-4H2,1H3,(H,7,8);3-4H,1-2H2. The predicted octanol–water partition coefficient (Wildman–Crippen LogP) is -0.200. The highest BCUT2D eigenvalue weighted by atomic mass is 16.5. The van der Waals surface area contributed by atoms with Crippen molar-refractivity contribution in [3.63, 3.8) is 0 Å². The average Bonchev–Trinajstić information content (AvgIpc) is 2.52. The Bertz CT molecular complexity index is 319. The van der Waals surface area contributed by atoms with Gasteiger partial charge in [0.05, 0.1) is 52.1 Å². The highest BCUT2D eigenvalue weighted by Crippen LogP contribution is 1.92. The molecule has 4 N–H and O–H groups in total. The maximum atomic E-state index is 10.5. The fourth-order valence-corrected chi connectivity index (χ4v) is 0.884. The quantitative estimate of drug-likeness (QED) is 0.407. The maximum Gasteiger partial charge on any atom is 0.306 e. The van der Waals surface area contributed by atoms with Gasteiger partial charge in [0.15, 0.2) is 0 Å². The third-order valence-corrected chi connectivity index (χ3v) is 1.80. The van der Waals surface area contributed by atoms with Crippen LogP contribution in [0.5, 0.6) is 0 Å². The molecular formula is C14H26O10. The number of hydrogen-bond acceptors (Lipinski definition) is 8. The number of esters is 2. The van der Waals surface area contributed by atoms with Gasteiger partial charge in [-0.3, -0.25) is 19.2 Å². The molecule has 0 fully saturated rings. The van der Waals surface area contributed by atoms with Gasteiger partial charge in [0.1, 0.15) is 0 Å². The van der Waals surface area contributed by atoms with Gasteiger partial charge in [-0.25, -0.2) is 0 Å². The summed E-state index contributed by atoms with van der Waals surface area (Å²) in [6, 6.07) is 0. The largest absolute Gasteiger partial charge is 0.481 e. The predicted molar refractivity (Wildman–Crippen MR) is 81.2 cm³/mol. The van der Waals surface area contributed by atoms with Crippen LogP contribution in [0.1, 0.15) is 39.5 Å². The second-order valence-corrected chi connectivity index (χ2v) is 3.84. The molecule has 0 heterocycles. The summed E-state index contributed by atoms with van der Waals surface area (Å²) in [5.41, 5.74) is 0. The summed E-state index contributed by atoms with van der Waals surface area (Å²) in [7, 11) is 0. The first-order valence-electron chi connectivity index (χ1n) is 7.21. The zero-order chi connectivity index (χ0) is 19.4. The molecule has 0 radical (unpaired) electrons. The Labute approximate surface area is 140 Å². The Morgan fingerprint density at radius 3 is 1.12 bits per heavy atom. The number of carboxylic acids is 2. The van der Waals surface area contributed by atoms with Gasteiger partial charge >= 0.3 is 23.9 Å². The van der Waals surface area contributed by atoms with Gasteiger partial charge in [0, 0.05) is 0 Å². The first kappa shape index (κ1) is 26.7. The summed E-state index contributed by atoms with van der Waals surface area (Å²) in [6.07, 6.45) is -0.385. The Morgan fingerprint density at radius 2 is 0.958 bits per heavy atom. The van der Waals surface area contributed by atoms with Crippen LogP contribution in [0.25, 0.3) is 0 Å². The van der Waals surface area contributed by atoms with E-state index in [1.807, 2.05) is 0 Å². The summed E-state index contributed by atoms with van der Waals surface area (Å²) in [6.45, 7) is 3.72. The minimum atomic E-state index is -0.979. The Hall–Kier alpha value is -2.20. The summed E-state index contributed by atoms with van der Waals surface area (Å²) in [5.74, 6) is -2.86. The molecular weight excluding hydrogens is 328 g/mol. The van der Waals surface area contributed by atoms with E-state index in [0.717, 1.165) is 0 Å². The third-order valence-electron chi connectivity index (χ3n) is 1.80. The van der Waals surface area contributed by atoms with E-state index in [-0.39, 0.29) is 38.9 Å². The number of hydrogen-bond donors (Lipinski definition) is 4. The molecule has 0 unspecified atom stereocenters. The second-order valence-electron chi connectivity index (χ2n) is 3.84. The first-order valence-corrected chi connectivity index (χ1v) is 7.21. The molecule has 0 aromatic carbocycles. The number of aliphatic hydroxyl groups excluding tert-OH is 2. The normalized spacial score (nSPS) is 8.67. The van der Waals surface area contributed by atoms with Crippen molar-refractivity contribution in [2.24, 2.45) is 0 Å². The summed E-state index contributed by atoms with van der Waals surface area (Å²) < 4.78 is 8.98. The van der Waals surface area contributed by atoms with Crippen LogP contribution >= 0.6 is 0 Å². The SMILES string of the molecule is CCOC(=O)CCC(=O)O.CCOC(=O)CCC(=O)O.OCCO. The minimum absolute atomic E-state index is 0.0385. The lowest BCUT2D eigenvalue weighted by Crippen LogP contribution is -2.06. The van der Waals surface area contributed by atoms with Gasteiger partial charge < -0.3 is 29.9 Å². The van der Waals surface area contributed by atoms with Crippen LogP contribution in [0.4, 0.5) is 0 Å². The molecule has 0 aliphatic rings. The van der Waals surface area contributed by atoms with Crippen molar-refractivity contribution in [3.8, 4) is 0 Å². The second kappa shape index (κ2) is 20.8. The van der Waals surface area contributed by atoms with E-state index < -0.39 is 23.9 Å². The first-order chi connectivity index (χ1) is 11.2. The zero-order valence-corrected chi connectivity index (χ0v) is 13.9. The molecule has 24 heavy (non-hydrogen) atoms. The van der Waals surface area contributed by atoms with Crippen LogP contribution in [0.2, 0.25) is 0 Å². The van der Waals surface area contributed by atoms with Crippen LogP contribution in [-0.2, 0) is 28.7 Å². The van der Waals surface area contributed by atoms with Crippen LogP contribution in [0, 0.1) is 0 Å². The van der Waals surface area contributed by atoms with Crippen molar-refractivity contribution in [3.05, 3.63) is 0 Å². The lowest BCUT2D eigenvalue weighted by molar-refractivity contribution is -0.147. The van der Waals surface area contributed by atoms with E-state index in [1.165, 1.54) is 0 Å². The van der Waals surface area contributed by atoms with Crippen molar-refractivity contribution in [2.75, 3.05) is 26.4 Å². The summed E-state index contributed by atoms with van der Waals surface area (Å²) in [4.78, 5) is 40.7. The molecule has 142 valence electrons. The molecule has 0 aromatic rings. The molecule has 0 aliphatic carbocycles. The lowest BCUT2D eigenvalue weighted by Gasteiger charge is -1.97. The maximum absolute atomic E-state index is 10.5. The van der Waals surface area contributed by atoms with Gasteiger partial charge in [-0.05, 0) is 13.8 Å². The van der Waals surface area contributed by atoms with Crippen molar-refractivity contribution in [1.29, 1.82) is 0 Å². The van der Waals surface area contributed by atoms with E-state index in [9.17, 15) is 19.2 Å². The van der Waals surface area contributed by atoms with Gasteiger partial charge in [0.2, 0.25) is 0 Å². The van der Waals surface area contributed by atoms with Crippen LogP contribution in [-0.4, -0.2) is 70.7 Å². The molecule has 10 heteroatoms. The van der Waals surface area contributed by atoms with E-state index in [1.54, 1.807) is 13.8 Å². The van der Waals surface area contributed by atoms with Crippen molar-refractivity contribution in [1.82, 2.24) is 0 Å². The fourth-order valence-electron chi connectivity index (χ4n) is 0.884. The number of carbonyl (C=O) groups excluding carboxylic acids is 2. The monoisotopic (exact) mass is 354 g/mol. The van der Waals surface area contributed by atoms with E-state index in [2.05, 4.69) is 9.47 Å². The molecule has 10 nitrogen and oxygen atoms in total. The zero-order valence-electron chi connectivity index (χ0n) is 13.9. The van der Waals surface area contributed by atoms with Gasteiger partial charge in [-0.2, -0.15) is 0 Å². The minimum Gasteiger partial charge on any atom is -0.481 e. The molecule has 0 bridgehead atoms. The molecule has 0 spiro atoms. The number of aliphatic hydroxyl groups is 2. The van der Waals surface area contributed by atoms with Crippen molar-refractivity contribution in [2.45, 2.75) is 39.5 Å². The van der Waals surface area contributed by atoms with Gasteiger partial charge in [-0.1, -0.05) is 0 Å².